The molecule has 0 fully saturated rings. The van der Waals surface area contributed by atoms with Crippen LogP contribution in [0.4, 0.5) is 0 Å². The lowest BCUT2D eigenvalue weighted by Crippen LogP contribution is -2.31. The smallest absolute Gasteiger partial charge is 0.119 e. The predicted molar refractivity (Wildman–Crippen MR) is 79.9 cm³/mol. The van der Waals surface area contributed by atoms with E-state index in [1.807, 2.05) is 12.1 Å². The van der Waals surface area contributed by atoms with E-state index in [1.54, 1.807) is 7.11 Å². The fraction of sp³-hybridized carbons (Fsp3) is 0.625. The Kier molecular flexibility index (Phi) is 8.26. The molecule has 1 aromatic carbocycles. The summed E-state index contributed by atoms with van der Waals surface area (Å²) < 4.78 is 10.8. The lowest BCUT2D eigenvalue weighted by Gasteiger charge is -2.15. The molecule has 0 atom stereocenters. The van der Waals surface area contributed by atoms with Crippen LogP contribution >= 0.6 is 0 Å². The summed E-state index contributed by atoms with van der Waals surface area (Å²) in [4.78, 5) is 0. The molecule has 0 aliphatic carbocycles. The minimum absolute atomic E-state index is 0.611. The zero-order chi connectivity index (χ0) is 13.9. The summed E-state index contributed by atoms with van der Waals surface area (Å²) >= 11 is 0. The second-order valence-electron chi connectivity index (χ2n) is 4.70. The summed E-state index contributed by atoms with van der Waals surface area (Å²) in [6.07, 6.45) is 3.29. The first-order chi connectivity index (χ1) is 9.30. The highest BCUT2D eigenvalue weighted by molar-refractivity contribution is 5.27. The number of rotatable bonds is 10. The van der Waals surface area contributed by atoms with Crippen molar-refractivity contribution in [3.05, 3.63) is 29.8 Å². The maximum Gasteiger partial charge on any atom is 0.119 e. The van der Waals surface area contributed by atoms with Crippen molar-refractivity contribution in [1.82, 2.24) is 5.32 Å². The summed E-state index contributed by atoms with van der Waals surface area (Å²) in [5, 5.41) is 3.49. The van der Waals surface area contributed by atoms with E-state index in [-0.39, 0.29) is 0 Å². The minimum Gasteiger partial charge on any atom is -0.492 e. The van der Waals surface area contributed by atoms with Crippen LogP contribution in [0.3, 0.4) is 0 Å². The van der Waals surface area contributed by atoms with Crippen LogP contribution in [0.1, 0.15) is 32.3 Å². The molecule has 1 N–H and O–H groups in total. The van der Waals surface area contributed by atoms with Crippen molar-refractivity contribution >= 4 is 0 Å². The Bertz CT molecular complexity index is 320. The van der Waals surface area contributed by atoms with Gasteiger partial charge in [-0.05, 0) is 37.0 Å². The number of hydrogen-bond acceptors (Lipinski definition) is 3. The standard InChI is InChI=1S/C16H27NO2/c1-4-15(5-2)17-11-13-19-16-8-6-14(7-9-16)10-12-18-3/h6-9,15,17H,4-5,10-13H2,1-3H3. The molecule has 0 aliphatic heterocycles. The lowest BCUT2D eigenvalue weighted by molar-refractivity contribution is 0.202. The van der Waals surface area contributed by atoms with Gasteiger partial charge >= 0.3 is 0 Å². The summed E-state index contributed by atoms with van der Waals surface area (Å²) in [7, 11) is 1.73. The fourth-order valence-electron chi connectivity index (χ4n) is 1.98. The van der Waals surface area contributed by atoms with Crippen molar-refractivity contribution in [2.45, 2.75) is 39.2 Å². The molecular formula is C16H27NO2. The van der Waals surface area contributed by atoms with Gasteiger partial charge in [0.05, 0.1) is 6.61 Å². The minimum atomic E-state index is 0.611. The van der Waals surface area contributed by atoms with Gasteiger partial charge in [-0.25, -0.2) is 0 Å². The van der Waals surface area contributed by atoms with Crippen LogP contribution in [0.15, 0.2) is 24.3 Å². The normalized spacial score (nSPS) is 10.9. The topological polar surface area (TPSA) is 30.5 Å². The van der Waals surface area contributed by atoms with Crippen molar-refractivity contribution in [2.24, 2.45) is 0 Å². The van der Waals surface area contributed by atoms with E-state index >= 15 is 0 Å². The second kappa shape index (κ2) is 9.82. The zero-order valence-electron chi connectivity index (χ0n) is 12.4. The summed E-state index contributed by atoms with van der Waals surface area (Å²) in [5.74, 6) is 0.938. The van der Waals surface area contributed by atoms with E-state index in [4.69, 9.17) is 9.47 Å². The van der Waals surface area contributed by atoms with Crippen LogP contribution in [0.25, 0.3) is 0 Å². The first kappa shape index (κ1) is 16.0. The van der Waals surface area contributed by atoms with Gasteiger partial charge in [-0.1, -0.05) is 26.0 Å². The van der Waals surface area contributed by atoms with Crippen molar-refractivity contribution in [3.8, 4) is 5.75 Å². The molecular weight excluding hydrogens is 238 g/mol. The number of methoxy groups -OCH3 is 1. The maximum absolute atomic E-state index is 5.71. The van der Waals surface area contributed by atoms with Gasteiger partial charge in [-0.15, -0.1) is 0 Å². The van der Waals surface area contributed by atoms with Gasteiger partial charge in [0.1, 0.15) is 12.4 Å². The molecule has 0 saturated carbocycles. The molecule has 0 aliphatic rings. The third-order valence-electron chi connectivity index (χ3n) is 3.31. The SMILES string of the molecule is CCC(CC)NCCOc1ccc(CCOC)cc1. The van der Waals surface area contributed by atoms with E-state index < -0.39 is 0 Å². The third kappa shape index (κ3) is 6.60. The molecule has 0 heterocycles. The molecule has 1 aromatic rings. The first-order valence-corrected chi connectivity index (χ1v) is 7.24. The Morgan fingerprint density at radius 1 is 1.05 bits per heavy atom. The van der Waals surface area contributed by atoms with Crippen LogP contribution in [0.2, 0.25) is 0 Å². The molecule has 19 heavy (non-hydrogen) atoms. The van der Waals surface area contributed by atoms with Crippen LogP contribution < -0.4 is 10.1 Å². The summed E-state index contributed by atoms with van der Waals surface area (Å²) in [6.45, 7) is 6.80. The molecule has 108 valence electrons. The molecule has 0 aromatic heterocycles. The Morgan fingerprint density at radius 2 is 1.74 bits per heavy atom. The average molecular weight is 265 g/mol. The highest BCUT2D eigenvalue weighted by Gasteiger charge is 2.01. The van der Waals surface area contributed by atoms with Gasteiger partial charge in [0.15, 0.2) is 0 Å². The van der Waals surface area contributed by atoms with Crippen molar-refractivity contribution in [1.29, 1.82) is 0 Å². The maximum atomic E-state index is 5.71. The van der Waals surface area contributed by atoms with Crippen molar-refractivity contribution in [2.75, 3.05) is 26.9 Å². The monoisotopic (exact) mass is 265 g/mol. The molecule has 0 saturated heterocycles. The van der Waals surface area contributed by atoms with Gasteiger partial charge in [-0.3, -0.25) is 0 Å². The van der Waals surface area contributed by atoms with Gasteiger partial charge in [-0.2, -0.15) is 0 Å². The Morgan fingerprint density at radius 3 is 2.32 bits per heavy atom. The molecule has 1 rings (SSSR count). The van der Waals surface area contributed by atoms with Crippen LogP contribution in [0, 0.1) is 0 Å². The molecule has 3 nitrogen and oxygen atoms in total. The van der Waals surface area contributed by atoms with E-state index in [0.29, 0.717) is 12.6 Å². The van der Waals surface area contributed by atoms with Crippen molar-refractivity contribution < 1.29 is 9.47 Å². The van der Waals surface area contributed by atoms with E-state index in [2.05, 4.69) is 31.3 Å². The molecule has 0 unspecified atom stereocenters. The van der Waals surface area contributed by atoms with Gasteiger partial charge in [0.25, 0.3) is 0 Å². The van der Waals surface area contributed by atoms with E-state index in [0.717, 1.165) is 25.3 Å². The van der Waals surface area contributed by atoms with Gasteiger partial charge < -0.3 is 14.8 Å². The second-order valence-corrected chi connectivity index (χ2v) is 4.70. The van der Waals surface area contributed by atoms with Gasteiger partial charge in [0.2, 0.25) is 0 Å². The molecule has 0 radical (unpaired) electrons. The summed E-state index contributed by atoms with van der Waals surface area (Å²) in [5.41, 5.74) is 1.28. The van der Waals surface area contributed by atoms with Crippen LogP contribution in [-0.2, 0) is 11.2 Å². The molecule has 0 bridgehead atoms. The van der Waals surface area contributed by atoms with Crippen LogP contribution in [0.5, 0.6) is 5.75 Å². The highest BCUT2D eigenvalue weighted by atomic mass is 16.5. The number of nitrogens with one attached hydrogen (secondary N) is 1. The van der Waals surface area contributed by atoms with Gasteiger partial charge in [0, 0.05) is 19.7 Å². The zero-order valence-corrected chi connectivity index (χ0v) is 12.4. The van der Waals surface area contributed by atoms with E-state index in [1.165, 1.54) is 18.4 Å². The Balaban J connectivity index is 2.22. The Hall–Kier alpha value is -1.06. The fourth-order valence-corrected chi connectivity index (χ4v) is 1.98. The largest absolute Gasteiger partial charge is 0.492 e. The highest BCUT2D eigenvalue weighted by Crippen LogP contribution is 2.12. The summed E-state index contributed by atoms with van der Waals surface area (Å²) in [6, 6.07) is 8.87. The molecule has 3 heteroatoms. The van der Waals surface area contributed by atoms with E-state index in [9.17, 15) is 0 Å². The third-order valence-corrected chi connectivity index (χ3v) is 3.31. The number of benzene rings is 1. The number of hydrogen-bond donors (Lipinski definition) is 1. The predicted octanol–water partition coefficient (Wildman–Crippen LogP) is 3.03. The first-order valence-electron chi connectivity index (χ1n) is 7.24. The number of ether oxygens (including phenoxy) is 2. The average Bonchev–Trinajstić information content (AvgIpc) is 2.46. The molecule has 0 spiro atoms. The lowest BCUT2D eigenvalue weighted by atomic mass is 10.1. The van der Waals surface area contributed by atoms with Crippen molar-refractivity contribution in [3.63, 3.8) is 0 Å². The van der Waals surface area contributed by atoms with Crippen LogP contribution in [-0.4, -0.2) is 32.9 Å². The quantitative estimate of drug-likeness (QED) is 0.660. The molecule has 0 amide bonds. The Labute approximate surface area is 117 Å².